The number of rotatable bonds is 0. The van der Waals surface area contributed by atoms with Crippen LogP contribution >= 0.6 is 0 Å². The molecule has 0 saturated carbocycles. The molecule has 2 aromatic heterocycles. The van der Waals surface area contributed by atoms with Crippen LogP contribution in [0.5, 0.6) is 0 Å². The minimum Gasteiger partial charge on any atom is -0.338 e. The van der Waals surface area contributed by atoms with Crippen LogP contribution in [0.25, 0.3) is 33.1 Å². The van der Waals surface area contributed by atoms with Crippen LogP contribution in [0.2, 0.25) is 0 Å². The van der Waals surface area contributed by atoms with E-state index in [-0.39, 0.29) is 5.82 Å². The Bertz CT molecular complexity index is 895. The highest BCUT2D eigenvalue weighted by Crippen LogP contribution is 2.25. The Morgan fingerprint density at radius 3 is 2.72 bits per heavy atom. The van der Waals surface area contributed by atoms with Crippen molar-refractivity contribution < 1.29 is 4.39 Å². The lowest BCUT2D eigenvalue weighted by molar-refractivity contribution is 0.637. The summed E-state index contributed by atoms with van der Waals surface area (Å²) in [5.74, 6) is -0.341. The number of hydrogen-bond donors (Lipinski definition) is 1. The van der Waals surface area contributed by atoms with E-state index in [1.165, 1.54) is 6.07 Å². The van der Waals surface area contributed by atoms with Crippen molar-refractivity contribution in [2.45, 2.75) is 0 Å². The van der Waals surface area contributed by atoms with Crippen LogP contribution in [0.15, 0.2) is 42.5 Å². The number of aromatic amines is 1. The highest BCUT2D eigenvalue weighted by atomic mass is 19.1. The number of halogens is 1. The van der Waals surface area contributed by atoms with E-state index in [9.17, 15) is 4.39 Å². The highest BCUT2D eigenvalue weighted by molar-refractivity contribution is 6.05. The van der Waals surface area contributed by atoms with Gasteiger partial charge in [0.15, 0.2) is 11.5 Å². The van der Waals surface area contributed by atoms with Crippen molar-refractivity contribution in [1.29, 1.82) is 0 Å². The van der Waals surface area contributed by atoms with Crippen molar-refractivity contribution in [3.63, 3.8) is 0 Å². The number of aromatic nitrogens is 3. The number of para-hydroxylation sites is 2. The van der Waals surface area contributed by atoms with E-state index in [0.717, 1.165) is 10.9 Å². The van der Waals surface area contributed by atoms with Gasteiger partial charge in [0.2, 0.25) is 0 Å². The Balaban J connectivity index is 2.28. The minimum atomic E-state index is -0.341. The predicted octanol–water partition coefficient (Wildman–Crippen LogP) is 3.40. The number of fused-ring (bicyclic) bond motifs is 4. The summed E-state index contributed by atoms with van der Waals surface area (Å²) in [6.07, 6.45) is 0. The second-order valence-corrected chi connectivity index (χ2v) is 4.20. The van der Waals surface area contributed by atoms with E-state index in [4.69, 9.17) is 0 Å². The van der Waals surface area contributed by atoms with Crippen molar-refractivity contribution in [2.75, 3.05) is 0 Å². The van der Waals surface area contributed by atoms with Gasteiger partial charge >= 0.3 is 0 Å². The highest BCUT2D eigenvalue weighted by Gasteiger charge is 2.10. The summed E-state index contributed by atoms with van der Waals surface area (Å²) >= 11 is 0. The summed E-state index contributed by atoms with van der Waals surface area (Å²) in [5.41, 5.74) is 3.24. The maximum Gasteiger partial charge on any atom is 0.157 e. The first-order valence-corrected chi connectivity index (χ1v) is 5.65. The molecule has 1 N–H and O–H groups in total. The largest absolute Gasteiger partial charge is 0.338 e. The molecule has 0 fully saturated rings. The molecule has 2 heterocycles. The van der Waals surface area contributed by atoms with Gasteiger partial charge in [-0.2, -0.15) is 0 Å². The summed E-state index contributed by atoms with van der Waals surface area (Å²) < 4.78 is 13.7. The molecule has 3 nitrogen and oxygen atoms in total. The molecule has 18 heavy (non-hydrogen) atoms. The molecule has 0 radical (unpaired) electrons. The van der Waals surface area contributed by atoms with E-state index in [0.29, 0.717) is 22.2 Å². The zero-order valence-corrected chi connectivity index (χ0v) is 9.31. The van der Waals surface area contributed by atoms with Gasteiger partial charge < -0.3 is 4.98 Å². The van der Waals surface area contributed by atoms with Crippen LogP contribution in [0.4, 0.5) is 4.39 Å². The van der Waals surface area contributed by atoms with Crippen molar-refractivity contribution in [3.05, 3.63) is 48.3 Å². The summed E-state index contributed by atoms with van der Waals surface area (Å²) in [6.45, 7) is 0. The average molecular weight is 237 g/mol. The molecule has 4 rings (SSSR count). The van der Waals surface area contributed by atoms with E-state index < -0.39 is 0 Å². The monoisotopic (exact) mass is 237 g/mol. The molecule has 0 amide bonds. The number of H-pyrrole nitrogens is 1. The summed E-state index contributed by atoms with van der Waals surface area (Å²) in [4.78, 5) is 12.0. The van der Waals surface area contributed by atoms with Gasteiger partial charge in [-0.25, -0.2) is 14.4 Å². The predicted molar refractivity (Wildman–Crippen MR) is 68.9 cm³/mol. The normalized spacial score (nSPS) is 11.6. The lowest BCUT2D eigenvalue weighted by atomic mass is 10.2. The number of nitrogens with zero attached hydrogens (tertiary/aromatic N) is 2. The lowest BCUT2D eigenvalue weighted by Gasteiger charge is -1.98. The van der Waals surface area contributed by atoms with E-state index in [1.54, 1.807) is 12.1 Å². The fourth-order valence-electron chi connectivity index (χ4n) is 2.24. The summed E-state index contributed by atoms with van der Waals surface area (Å²) in [5, 5.41) is 0.963. The molecule has 4 heteroatoms. The van der Waals surface area contributed by atoms with Crippen LogP contribution in [0.3, 0.4) is 0 Å². The van der Waals surface area contributed by atoms with E-state index >= 15 is 0 Å². The van der Waals surface area contributed by atoms with Crippen LogP contribution < -0.4 is 0 Å². The Kier molecular flexibility index (Phi) is 1.73. The SMILES string of the molecule is Fc1cccc2nc3[nH]c4ccccc4c3nc12. The first-order valence-electron chi connectivity index (χ1n) is 5.65. The average Bonchev–Trinajstić information content (AvgIpc) is 2.75. The van der Waals surface area contributed by atoms with Crippen LogP contribution in [0, 0.1) is 5.82 Å². The maximum atomic E-state index is 13.7. The van der Waals surface area contributed by atoms with Crippen LogP contribution in [-0.4, -0.2) is 15.0 Å². The van der Waals surface area contributed by atoms with Crippen molar-refractivity contribution >= 4 is 33.1 Å². The van der Waals surface area contributed by atoms with E-state index in [2.05, 4.69) is 15.0 Å². The topological polar surface area (TPSA) is 41.6 Å². The summed E-state index contributed by atoms with van der Waals surface area (Å²) in [7, 11) is 0. The van der Waals surface area contributed by atoms with Crippen molar-refractivity contribution in [3.8, 4) is 0 Å². The Morgan fingerprint density at radius 1 is 0.889 bits per heavy atom. The number of benzene rings is 2. The molecule has 0 saturated heterocycles. The second-order valence-electron chi connectivity index (χ2n) is 4.20. The van der Waals surface area contributed by atoms with Crippen molar-refractivity contribution in [1.82, 2.24) is 15.0 Å². The minimum absolute atomic E-state index is 0.315. The van der Waals surface area contributed by atoms with Crippen LogP contribution in [0.1, 0.15) is 0 Å². The summed E-state index contributed by atoms with van der Waals surface area (Å²) in [6, 6.07) is 12.6. The standard InChI is InChI=1S/C14H8FN3/c15-9-5-3-7-11-13(9)18-12-8-4-1-2-6-10(8)16-14(12)17-11/h1-7H,(H,16,17). The molecule has 86 valence electrons. The van der Waals surface area contributed by atoms with Gasteiger partial charge in [0.05, 0.1) is 5.52 Å². The third kappa shape index (κ3) is 1.17. The Labute approximate surface area is 101 Å². The number of nitrogens with one attached hydrogen (secondary N) is 1. The van der Waals surface area contributed by atoms with Gasteiger partial charge in [0, 0.05) is 10.9 Å². The van der Waals surface area contributed by atoms with Gasteiger partial charge in [-0.15, -0.1) is 0 Å². The molecule has 0 aliphatic rings. The van der Waals surface area contributed by atoms with Gasteiger partial charge in [0.1, 0.15) is 11.0 Å². The van der Waals surface area contributed by atoms with E-state index in [1.807, 2.05) is 24.3 Å². The molecule has 0 bridgehead atoms. The van der Waals surface area contributed by atoms with Gasteiger partial charge in [-0.1, -0.05) is 24.3 Å². The first-order chi connectivity index (χ1) is 8.83. The second kappa shape index (κ2) is 3.26. The molecule has 0 spiro atoms. The Hall–Kier alpha value is -2.49. The fourth-order valence-corrected chi connectivity index (χ4v) is 2.24. The molecule has 0 unspecified atom stereocenters. The third-order valence-electron chi connectivity index (χ3n) is 3.08. The molecule has 0 aliphatic carbocycles. The van der Waals surface area contributed by atoms with Gasteiger partial charge in [0.25, 0.3) is 0 Å². The third-order valence-corrected chi connectivity index (χ3v) is 3.08. The van der Waals surface area contributed by atoms with Crippen molar-refractivity contribution in [2.24, 2.45) is 0 Å². The maximum absolute atomic E-state index is 13.7. The lowest BCUT2D eigenvalue weighted by Crippen LogP contribution is -1.88. The Morgan fingerprint density at radius 2 is 1.78 bits per heavy atom. The fraction of sp³-hybridized carbons (Fsp3) is 0. The molecule has 0 atom stereocenters. The quantitative estimate of drug-likeness (QED) is 0.509. The van der Waals surface area contributed by atoms with Gasteiger partial charge in [-0.05, 0) is 18.2 Å². The molecule has 0 aliphatic heterocycles. The molecular formula is C14H8FN3. The zero-order chi connectivity index (χ0) is 12.1. The molecule has 4 aromatic rings. The zero-order valence-electron chi connectivity index (χ0n) is 9.31. The van der Waals surface area contributed by atoms with Gasteiger partial charge in [-0.3, -0.25) is 0 Å². The molecule has 2 aromatic carbocycles. The molecular weight excluding hydrogens is 229 g/mol. The smallest absolute Gasteiger partial charge is 0.157 e. The number of hydrogen-bond acceptors (Lipinski definition) is 2. The first kappa shape index (κ1) is 9.53. The van der Waals surface area contributed by atoms with Crippen LogP contribution in [-0.2, 0) is 0 Å².